The number of aromatic nitrogens is 2. The number of rotatable bonds is 8. The summed E-state index contributed by atoms with van der Waals surface area (Å²) < 4.78 is 12.6. The molecule has 0 aliphatic rings. The fourth-order valence-electron chi connectivity index (χ4n) is 2.64. The predicted molar refractivity (Wildman–Crippen MR) is 101 cm³/mol. The van der Waals surface area contributed by atoms with Crippen LogP contribution in [-0.4, -0.2) is 47.1 Å². The van der Waals surface area contributed by atoms with Crippen LogP contribution in [0.3, 0.4) is 0 Å². The Labute approximate surface area is 159 Å². The number of amides is 1. The summed E-state index contributed by atoms with van der Waals surface area (Å²) >= 11 is 1.43. The first-order valence-electron chi connectivity index (χ1n) is 8.18. The van der Waals surface area contributed by atoms with E-state index in [0.29, 0.717) is 17.2 Å². The van der Waals surface area contributed by atoms with Crippen LogP contribution in [0.5, 0.6) is 11.5 Å². The molecule has 3 aromatic rings. The topological polar surface area (TPSA) is 102 Å². The van der Waals surface area contributed by atoms with E-state index in [2.05, 4.69) is 10.3 Å². The molecule has 0 aliphatic carbocycles. The van der Waals surface area contributed by atoms with E-state index < -0.39 is 5.97 Å². The summed E-state index contributed by atoms with van der Waals surface area (Å²) in [4.78, 5) is 27.9. The molecule has 0 aliphatic heterocycles. The Balaban J connectivity index is 1.83. The van der Waals surface area contributed by atoms with Gasteiger partial charge in [0.05, 0.1) is 32.8 Å². The van der Waals surface area contributed by atoms with Crippen molar-refractivity contribution in [2.24, 2.45) is 0 Å². The molecule has 0 saturated carbocycles. The zero-order valence-electron chi connectivity index (χ0n) is 14.9. The fraction of sp³-hybridized carbons (Fsp3) is 0.278. The van der Waals surface area contributed by atoms with Crippen LogP contribution in [0.25, 0.3) is 16.2 Å². The minimum atomic E-state index is -0.945. The van der Waals surface area contributed by atoms with Crippen LogP contribution in [0.2, 0.25) is 0 Å². The van der Waals surface area contributed by atoms with Crippen LogP contribution in [0.1, 0.15) is 12.1 Å². The van der Waals surface area contributed by atoms with Gasteiger partial charge in [-0.15, -0.1) is 11.3 Å². The third-order valence-electron chi connectivity index (χ3n) is 3.97. The molecule has 142 valence electrons. The van der Waals surface area contributed by atoms with Gasteiger partial charge < -0.3 is 19.9 Å². The molecule has 2 aromatic heterocycles. The van der Waals surface area contributed by atoms with Gasteiger partial charge >= 0.3 is 5.97 Å². The predicted octanol–water partition coefficient (Wildman–Crippen LogP) is 2.21. The Morgan fingerprint density at radius 1 is 1.30 bits per heavy atom. The lowest BCUT2D eigenvalue weighted by molar-refractivity contribution is -0.136. The number of carboxylic acids is 1. The van der Waals surface area contributed by atoms with E-state index in [1.54, 1.807) is 14.2 Å². The van der Waals surface area contributed by atoms with E-state index >= 15 is 0 Å². The lowest BCUT2D eigenvalue weighted by atomic mass is 10.1. The molecule has 0 spiro atoms. The number of benzene rings is 1. The highest BCUT2D eigenvalue weighted by molar-refractivity contribution is 7.15. The van der Waals surface area contributed by atoms with Crippen molar-refractivity contribution in [1.82, 2.24) is 14.7 Å². The highest BCUT2D eigenvalue weighted by Crippen LogP contribution is 2.34. The lowest BCUT2D eigenvalue weighted by Crippen LogP contribution is -2.27. The van der Waals surface area contributed by atoms with E-state index in [4.69, 9.17) is 14.6 Å². The first-order chi connectivity index (χ1) is 13.0. The van der Waals surface area contributed by atoms with Crippen molar-refractivity contribution in [1.29, 1.82) is 0 Å². The Morgan fingerprint density at radius 2 is 2.11 bits per heavy atom. The number of carbonyl (C=O) groups is 2. The van der Waals surface area contributed by atoms with Crippen molar-refractivity contribution in [3.63, 3.8) is 0 Å². The van der Waals surface area contributed by atoms with Gasteiger partial charge in [-0.05, 0) is 18.2 Å². The molecule has 0 atom stereocenters. The molecule has 0 radical (unpaired) electrons. The van der Waals surface area contributed by atoms with Crippen molar-refractivity contribution in [3.05, 3.63) is 35.5 Å². The average Bonchev–Trinajstić information content (AvgIpc) is 3.22. The molecule has 1 amide bonds. The quantitative estimate of drug-likeness (QED) is 0.612. The molecule has 0 unspecified atom stereocenters. The molecule has 1 aromatic carbocycles. The second-order valence-corrected chi connectivity index (χ2v) is 6.58. The molecule has 0 bridgehead atoms. The Kier molecular flexibility index (Phi) is 5.60. The number of fused-ring (bicyclic) bond motifs is 1. The maximum Gasteiger partial charge on any atom is 0.305 e. The van der Waals surface area contributed by atoms with E-state index in [1.165, 1.54) is 11.3 Å². The van der Waals surface area contributed by atoms with Crippen molar-refractivity contribution in [2.75, 3.05) is 20.8 Å². The molecule has 2 N–H and O–H groups in total. The number of aliphatic carboxylic acids is 1. The number of methoxy groups -OCH3 is 2. The number of thiazole rings is 1. The van der Waals surface area contributed by atoms with Gasteiger partial charge in [-0.25, -0.2) is 4.98 Å². The number of ether oxygens (including phenoxy) is 2. The molecule has 3 rings (SSSR count). The highest BCUT2D eigenvalue weighted by Gasteiger charge is 2.15. The third-order valence-corrected chi connectivity index (χ3v) is 4.86. The van der Waals surface area contributed by atoms with Gasteiger partial charge in [0.15, 0.2) is 4.96 Å². The molecule has 9 heteroatoms. The Morgan fingerprint density at radius 3 is 2.81 bits per heavy atom. The molecule has 0 saturated heterocycles. The Hall–Kier alpha value is -3.07. The van der Waals surface area contributed by atoms with Gasteiger partial charge in [0.25, 0.3) is 0 Å². The summed E-state index contributed by atoms with van der Waals surface area (Å²) in [5.41, 5.74) is 2.29. The highest BCUT2D eigenvalue weighted by atomic mass is 32.1. The summed E-state index contributed by atoms with van der Waals surface area (Å²) in [7, 11) is 3.19. The minimum Gasteiger partial charge on any atom is -0.497 e. The second kappa shape index (κ2) is 8.09. The monoisotopic (exact) mass is 389 g/mol. The van der Waals surface area contributed by atoms with Gasteiger partial charge in [0.2, 0.25) is 5.91 Å². The van der Waals surface area contributed by atoms with Gasteiger partial charge in [0, 0.05) is 29.4 Å². The van der Waals surface area contributed by atoms with E-state index in [1.807, 2.05) is 34.2 Å². The molecule has 27 heavy (non-hydrogen) atoms. The number of hydrogen-bond donors (Lipinski definition) is 2. The van der Waals surface area contributed by atoms with E-state index in [9.17, 15) is 9.59 Å². The maximum absolute atomic E-state index is 12.0. The van der Waals surface area contributed by atoms with Crippen LogP contribution in [0.4, 0.5) is 0 Å². The summed E-state index contributed by atoms with van der Waals surface area (Å²) in [6.07, 6.45) is 1.89. The molecule has 8 nitrogen and oxygen atoms in total. The van der Waals surface area contributed by atoms with Crippen molar-refractivity contribution < 1.29 is 24.2 Å². The summed E-state index contributed by atoms with van der Waals surface area (Å²) in [5.74, 6) is 0.194. The smallest absolute Gasteiger partial charge is 0.305 e. The van der Waals surface area contributed by atoms with Gasteiger partial charge in [-0.2, -0.15) is 0 Å². The standard InChI is InChI=1S/C18H19N3O5S/c1-25-12-3-4-15(26-2)13(8-12)14-9-21-11(10-27-18(21)20-14)7-16(22)19-6-5-17(23)24/h3-4,8-10H,5-7H2,1-2H3,(H,19,22)(H,23,24). The maximum atomic E-state index is 12.0. The normalized spacial score (nSPS) is 10.7. The fourth-order valence-corrected chi connectivity index (χ4v) is 3.51. The molecule has 0 fully saturated rings. The summed E-state index contributed by atoms with van der Waals surface area (Å²) in [6.45, 7) is 0.109. The van der Waals surface area contributed by atoms with Crippen LogP contribution in [0.15, 0.2) is 29.8 Å². The molecular formula is C18H19N3O5S. The zero-order chi connectivity index (χ0) is 19.4. The second-order valence-electron chi connectivity index (χ2n) is 5.74. The van der Waals surface area contributed by atoms with Gasteiger partial charge in [-0.1, -0.05) is 0 Å². The first-order valence-corrected chi connectivity index (χ1v) is 9.06. The Bertz CT molecular complexity index is 979. The minimum absolute atomic E-state index is 0.102. The van der Waals surface area contributed by atoms with Crippen LogP contribution in [0, 0.1) is 0 Å². The number of imidazole rings is 1. The number of hydrogen-bond acceptors (Lipinski definition) is 6. The van der Waals surface area contributed by atoms with Crippen LogP contribution < -0.4 is 14.8 Å². The number of nitrogens with one attached hydrogen (secondary N) is 1. The van der Waals surface area contributed by atoms with Crippen molar-refractivity contribution in [2.45, 2.75) is 12.8 Å². The summed E-state index contributed by atoms with van der Waals surface area (Å²) in [6, 6.07) is 5.48. The first kappa shape index (κ1) is 18.7. The SMILES string of the molecule is COc1ccc(OC)c(-c2cn3c(CC(=O)NCCC(=O)O)csc3n2)c1. The molecule has 2 heterocycles. The average molecular weight is 389 g/mol. The van der Waals surface area contributed by atoms with E-state index in [-0.39, 0.29) is 25.3 Å². The number of carbonyl (C=O) groups excluding carboxylic acids is 1. The number of nitrogens with zero attached hydrogens (tertiary/aromatic N) is 2. The molecular weight excluding hydrogens is 370 g/mol. The van der Waals surface area contributed by atoms with Gasteiger partial charge in [0.1, 0.15) is 11.5 Å². The van der Waals surface area contributed by atoms with Crippen molar-refractivity contribution >= 4 is 28.2 Å². The van der Waals surface area contributed by atoms with Crippen LogP contribution in [-0.2, 0) is 16.0 Å². The zero-order valence-corrected chi connectivity index (χ0v) is 15.7. The van der Waals surface area contributed by atoms with Gasteiger partial charge in [-0.3, -0.25) is 14.0 Å². The lowest BCUT2D eigenvalue weighted by Gasteiger charge is -2.08. The third kappa shape index (κ3) is 4.20. The largest absolute Gasteiger partial charge is 0.497 e. The van der Waals surface area contributed by atoms with E-state index in [0.717, 1.165) is 16.2 Å². The number of carboxylic acid groups (broad SMARTS) is 1. The van der Waals surface area contributed by atoms with Crippen LogP contribution >= 0.6 is 11.3 Å². The summed E-state index contributed by atoms with van der Waals surface area (Å²) in [5, 5.41) is 13.1. The van der Waals surface area contributed by atoms with Crippen molar-refractivity contribution in [3.8, 4) is 22.8 Å².